The number of nitrogens with zero attached hydrogens (tertiary/aromatic N) is 3. The number of halogens is 1. The molecule has 0 radical (unpaired) electrons. The Bertz CT molecular complexity index is 1650. The van der Waals surface area contributed by atoms with Crippen LogP contribution >= 0.6 is 11.8 Å². The molecule has 38 heavy (non-hydrogen) atoms. The Morgan fingerprint density at radius 2 is 1.68 bits per heavy atom. The Kier molecular flexibility index (Phi) is 7.44. The highest BCUT2D eigenvalue weighted by Gasteiger charge is 2.30. The summed E-state index contributed by atoms with van der Waals surface area (Å²) in [6, 6.07) is 21.0. The van der Waals surface area contributed by atoms with Crippen molar-refractivity contribution >= 4 is 59.8 Å². The molecule has 1 aliphatic rings. The molecule has 12 heteroatoms. The Morgan fingerprint density at radius 1 is 0.895 bits per heavy atom. The summed E-state index contributed by atoms with van der Waals surface area (Å²) in [6.07, 6.45) is 2.42. The SMILES string of the molecule is O=S(=O)(Nc1cc(N2CCCNCC2)ccc1N(Cl)S(=O)(=O)c1cccc2cccnc12)c1ccccc1. The van der Waals surface area contributed by atoms with Crippen molar-refractivity contribution < 1.29 is 16.8 Å². The van der Waals surface area contributed by atoms with Crippen LogP contribution in [0, 0.1) is 0 Å². The Labute approximate surface area is 227 Å². The Balaban J connectivity index is 1.60. The molecular formula is C26H26ClN5O4S2. The summed E-state index contributed by atoms with van der Waals surface area (Å²) in [5, 5.41) is 3.97. The highest BCUT2D eigenvalue weighted by molar-refractivity contribution is 7.94. The molecule has 4 aromatic rings. The molecule has 3 aromatic carbocycles. The minimum atomic E-state index is -4.33. The molecule has 1 aromatic heterocycles. The Morgan fingerprint density at radius 3 is 2.50 bits per heavy atom. The van der Waals surface area contributed by atoms with E-state index in [9.17, 15) is 16.8 Å². The first-order valence-corrected chi connectivity index (χ1v) is 15.3. The third-order valence-corrected chi connectivity index (χ3v) is 9.87. The number of hydrogen-bond donors (Lipinski definition) is 2. The maximum absolute atomic E-state index is 13.7. The number of pyridine rings is 1. The standard InChI is InChI=1S/C26H26ClN5O4S2/c27-32(38(35,36)25-11-4-7-20-8-5-15-29-26(20)25)24-13-12-21(31-17-6-14-28-16-18-31)19-23(24)30-37(33,34)22-9-2-1-3-10-22/h1-5,7-13,15,19,28,30H,6,14,16-18H2. The normalized spacial score (nSPS) is 14.7. The summed E-state index contributed by atoms with van der Waals surface area (Å²) in [6.45, 7) is 3.14. The van der Waals surface area contributed by atoms with E-state index < -0.39 is 20.0 Å². The largest absolute Gasteiger partial charge is 0.370 e. The first-order valence-electron chi connectivity index (χ1n) is 12.0. The monoisotopic (exact) mass is 571 g/mol. The quantitative estimate of drug-likeness (QED) is 0.320. The van der Waals surface area contributed by atoms with E-state index in [0.717, 1.165) is 38.3 Å². The van der Waals surface area contributed by atoms with Gasteiger partial charge in [-0.05, 0) is 55.4 Å². The fraction of sp³-hybridized carbons (Fsp3) is 0.192. The van der Waals surface area contributed by atoms with E-state index in [1.165, 1.54) is 30.5 Å². The second kappa shape index (κ2) is 10.8. The zero-order valence-electron chi connectivity index (χ0n) is 20.3. The molecule has 1 saturated heterocycles. The smallest absolute Gasteiger partial charge is 0.280 e. The third-order valence-electron chi connectivity index (χ3n) is 6.26. The van der Waals surface area contributed by atoms with Crippen molar-refractivity contribution in [3.8, 4) is 0 Å². The minimum absolute atomic E-state index is 0.0317. The molecule has 1 aliphatic heterocycles. The zero-order chi connectivity index (χ0) is 26.8. The highest BCUT2D eigenvalue weighted by Crippen LogP contribution is 2.38. The van der Waals surface area contributed by atoms with Gasteiger partial charge in [0.15, 0.2) is 0 Å². The number of sulfonamides is 2. The fourth-order valence-electron chi connectivity index (χ4n) is 4.36. The van der Waals surface area contributed by atoms with Crippen molar-refractivity contribution in [2.45, 2.75) is 16.2 Å². The van der Waals surface area contributed by atoms with E-state index in [2.05, 4.69) is 19.9 Å². The number of rotatable bonds is 7. The number of anilines is 3. The van der Waals surface area contributed by atoms with E-state index in [1.807, 2.05) is 0 Å². The van der Waals surface area contributed by atoms with Gasteiger partial charge in [-0.25, -0.2) is 8.42 Å². The van der Waals surface area contributed by atoms with Gasteiger partial charge in [-0.15, -0.1) is 0 Å². The minimum Gasteiger partial charge on any atom is -0.370 e. The van der Waals surface area contributed by atoms with Gasteiger partial charge in [0, 0.05) is 48.7 Å². The van der Waals surface area contributed by atoms with E-state index >= 15 is 0 Å². The maximum Gasteiger partial charge on any atom is 0.280 e. The molecule has 0 amide bonds. The molecule has 2 N–H and O–H groups in total. The summed E-state index contributed by atoms with van der Waals surface area (Å²) in [5.74, 6) is 0. The lowest BCUT2D eigenvalue weighted by Gasteiger charge is -2.26. The molecule has 0 bridgehead atoms. The molecule has 0 spiro atoms. The molecule has 198 valence electrons. The van der Waals surface area contributed by atoms with Crippen LogP contribution < -0.4 is 18.8 Å². The van der Waals surface area contributed by atoms with E-state index in [1.54, 1.807) is 54.6 Å². The van der Waals surface area contributed by atoms with Crippen LogP contribution in [0.25, 0.3) is 10.9 Å². The van der Waals surface area contributed by atoms with Crippen molar-refractivity contribution in [2.24, 2.45) is 0 Å². The van der Waals surface area contributed by atoms with E-state index in [-0.39, 0.29) is 26.7 Å². The number of nitrogens with one attached hydrogen (secondary N) is 2. The van der Waals surface area contributed by atoms with Crippen molar-refractivity contribution in [1.82, 2.24) is 10.3 Å². The summed E-state index contributed by atoms with van der Waals surface area (Å²) in [5.41, 5.74) is 1.02. The van der Waals surface area contributed by atoms with E-state index in [0.29, 0.717) is 9.21 Å². The second-order valence-corrected chi connectivity index (χ2v) is 12.7. The van der Waals surface area contributed by atoms with Gasteiger partial charge in [-0.3, -0.25) is 9.71 Å². The van der Waals surface area contributed by atoms with E-state index in [4.69, 9.17) is 11.8 Å². The van der Waals surface area contributed by atoms with Crippen LogP contribution in [0.2, 0.25) is 0 Å². The summed E-state index contributed by atoms with van der Waals surface area (Å²) in [4.78, 5) is 6.30. The van der Waals surface area contributed by atoms with Crippen LogP contribution in [0.15, 0.2) is 94.9 Å². The molecule has 5 rings (SSSR count). The van der Waals surface area contributed by atoms with Gasteiger partial charge in [0.05, 0.1) is 21.8 Å². The topological polar surface area (TPSA) is 112 Å². The summed E-state index contributed by atoms with van der Waals surface area (Å²) >= 11 is 6.54. The predicted octanol–water partition coefficient (Wildman–Crippen LogP) is 4.18. The van der Waals surface area contributed by atoms with Gasteiger partial charge in [-0.2, -0.15) is 12.2 Å². The lowest BCUT2D eigenvalue weighted by atomic mass is 10.2. The average molecular weight is 572 g/mol. The molecule has 0 aliphatic carbocycles. The summed E-state index contributed by atoms with van der Waals surface area (Å²) < 4.78 is 57.1. The molecule has 0 unspecified atom stereocenters. The van der Waals surface area contributed by atoms with Gasteiger partial charge in [-0.1, -0.05) is 36.4 Å². The van der Waals surface area contributed by atoms with Crippen LogP contribution in [0.4, 0.5) is 17.1 Å². The Hall–Kier alpha value is -3.38. The van der Waals surface area contributed by atoms with Crippen molar-refractivity contribution in [3.63, 3.8) is 0 Å². The number of aromatic nitrogens is 1. The van der Waals surface area contributed by atoms with Gasteiger partial charge in [0.2, 0.25) is 0 Å². The first kappa shape index (κ1) is 26.2. The molecule has 0 atom stereocenters. The third kappa shape index (κ3) is 5.28. The average Bonchev–Trinajstić information content (AvgIpc) is 3.22. The predicted molar refractivity (Wildman–Crippen MR) is 151 cm³/mol. The summed E-state index contributed by atoms with van der Waals surface area (Å²) in [7, 11) is -8.37. The van der Waals surface area contributed by atoms with Crippen LogP contribution in [0.3, 0.4) is 0 Å². The zero-order valence-corrected chi connectivity index (χ0v) is 22.7. The van der Waals surface area contributed by atoms with Crippen LogP contribution in [-0.4, -0.2) is 48.0 Å². The highest BCUT2D eigenvalue weighted by atomic mass is 35.5. The maximum atomic E-state index is 13.7. The van der Waals surface area contributed by atoms with Gasteiger partial charge < -0.3 is 10.2 Å². The van der Waals surface area contributed by atoms with Crippen LogP contribution in [0.5, 0.6) is 0 Å². The number of benzene rings is 3. The van der Waals surface area contributed by atoms with Gasteiger partial charge >= 0.3 is 0 Å². The van der Waals surface area contributed by atoms with Crippen molar-refractivity contribution in [3.05, 3.63) is 85.1 Å². The van der Waals surface area contributed by atoms with Crippen LogP contribution in [-0.2, 0) is 20.0 Å². The van der Waals surface area contributed by atoms with Gasteiger partial charge in [0.25, 0.3) is 20.0 Å². The lowest BCUT2D eigenvalue weighted by Crippen LogP contribution is -2.28. The second-order valence-electron chi connectivity index (χ2n) is 8.76. The number of para-hydroxylation sites is 1. The van der Waals surface area contributed by atoms with Crippen molar-refractivity contribution in [1.29, 1.82) is 0 Å². The number of fused-ring (bicyclic) bond motifs is 1. The molecule has 9 nitrogen and oxygen atoms in total. The fourth-order valence-corrected chi connectivity index (χ4v) is 7.08. The van der Waals surface area contributed by atoms with Gasteiger partial charge in [0.1, 0.15) is 4.90 Å². The number of hydrogen-bond acceptors (Lipinski definition) is 7. The van der Waals surface area contributed by atoms with Crippen molar-refractivity contribution in [2.75, 3.05) is 39.6 Å². The van der Waals surface area contributed by atoms with Crippen LogP contribution in [0.1, 0.15) is 6.42 Å². The molecule has 2 heterocycles. The molecule has 1 fully saturated rings. The lowest BCUT2D eigenvalue weighted by molar-refractivity contribution is 0.597. The molecular weight excluding hydrogens is 546 g/mol. The molecule has 0 saturated carbocycles. The first-order chi connectivity index (χ1) is 18.3.